The van der Waals surface area contributed by atoms with E-state index in [2.05, 4.69) is 15.4 Å². The molecule has 3 rings (SSSR count). The molecule has 134 valence electrons. The highest BCUT2D eigenvalue weighted by atomic mass is 32.2. The smallest absolute Gasteiger partial charge is 0.252 e. The van der Waals surface area contributed by atoms with Crippen LogP contribution in [0.3, 0.4) is 0 Å². The predicted octanol–water partition coefficient (Wildman–Crippen LogP) is 1.99. The van der Waals surface area contributed by atoms with Crippen LogP contribution in [-0.2, 0) is 16.4 Å². The van der Waals surface area contributed by atoms with E-state index < -0.39 is 15.7 Å². The van der Waals surface area contributed by atoms with Crippen LogP contribution in [0.1, 0.15) is 22.8 Å². The quantitative estimate of drug-likeness (QED) is 0.716. The number of nitrogens with zero attached hydrogens (tertiary/aromatic N) is 3. The lowest BCUT2D eigenvalue weighted by Crippen LogP contribution is -2.25. The van der Waals surface area contributed by atoms with Gasteiger partial charge in [-0.3, -0.25) is 4.79 Å². The second kappa shape index (κ2) is 7.49. The van der Waals surface area contributed by atoms with Gasteiger partial charge in [0.15, 0.2) is 9.84 Å². The minimum absolute atomic E-state index is 0.0545. The molecule has 0 aliphatic carbocycles. The van der Waals surface area contributed by atoms with Crippen molar-refractivity contribution in [3.63, 3.8) is 0 Å². The molecule has 2 aromatic carbocycles. The summed E-state index contributed by atoms with van der Waals surface area (Å²) in [4.78, 5) is 16.4. The first-order valence-corrected chi connectivity index (χ1v) is 9.70. The lowest BCUT2D eigenvalue weighted by atomic mass is 10.2. The van der Waals surface area contributed by atoms with Crippen molar-refractivity contribution in [2.75, 3.05) is 5.75 Å². The van der Waals surface area contributed by atoms with Crippen LogP contribution in [0.2, 0.25) is 0 Å². The third kappa shape index (κ3) is 3.80. The van der Waals surface area contributed by atoms with Gasteiger partial charge in [0.25, 0.3) is 5.91 Å². The van der Waals surface area contributed by atoms with Gasteiger partial charge in [0.1, 0.15) is 12.7 Å². The molecule has 26 heavy (non-hydrogen) atoms. The molecule has 8 heteroatoms. The monoisotopic (exact) mass is 370 g/mol. The summed E-state index contributed by atoms with van der Waals surface area (Å²) in [5.41, 5.74) is 1.91. The van der Waals surface area contributed by atoms with Crippen LogP contribution < -0.4 is 5.32 Å². The number of carbonyl (C=O) groups excluding carboxylic acids is 1. The third-order valence-electron chi connectivity index (χ3n) is 3.92. The van der Waals surface area contributed by atoms with Crippen molar-refractivity contribution in [2.45, 2.75) is 18.4 Å². The van der Waals surface area contributed by atoms with Crippen LogP contribution in [0.4, 0.5) is 0 Å². The number of nitrogens with one attached hydrogen (secondary N) is 1. The summed E-state index contributed by atoms with van der Waals surface area (Å²) in [5, 5.41) is 6.82. The zero-order valence-corrected chi connectivity index (χ0v) is 15.0. The topological polar surface area (TPSA) is 94.0 Å². The Balaban J connectivity index is 1.72. The standard InChI is InChI=1S/C18H18N4O3S/c1-2-26(24,25)17-6-4-3-5-16(17)18(23)20-11-14-7-9-15(10-8-14)22-13-19-12-21-22/h3-10,12-13H,2,11H2,1H3,(H,20,23). The van der Waals surface area contributed by atoms with Crippen molar-refractivity contribution in [1.29, 1.82) is 0 Å². The number of benzene rings is 2. The molecular formula is C18H18N4O3S. The highest BCUT2D eigenvalue weighted by molar-refractivity contribution is 7.91. The first-order valence-electron chi connectivity index (χ1n) is 8.05. The summed E-state index contributed by atoms with van der Waals surface area (Å²) in [7, 11) is -3.46. The Morgan fingerprint density at radius 3 is 2.50 bits per heavy atom. The number of hydrogen-bond acceptors (Lipinski definition) is 5. The average Bonchev–Trinajstić information content (AvgIpc) is 3.21. The molecule has 0 unspecified atom stereocenters. The molecule has 0 atom stereocenters. The van der Waals surface area contributed by atoms with Gasteiger partial charge < -0.3 is 5.32 Å². The van der Waals surface area contributed by atoms with E-state index in [0.29, 0.717) is 0 Å². The molecule has 0 aliphatic rings. The van der Waals surface area contributed by atoms with E-state index in [1.54, 1.807) is 30.1 Å². The summed E-state index contributed by atoms with van der Waals surface area (Å²) in [6.07, 6.45) is 3.05. The number of sulfone groups is 1. The van der Waals surface area contributed by atoms with Crippen molar-refractivity contribution in [1.82, 2.24) is 20.1 Å². The minimum Gasteiger partial charge on any atom is -0.348 e. The van der Waals surface area contributed by atoms with Gasteiger partial charge in [-0.25, -0.2) is 18.1 Å². The van der Waals surface area contributed by atoms with Crippen molar-refractivity contribution in [3.05, 3.63) is 72.3 Å². The number of aromatic nitrogens is 3. The van der Waals surface area contributed by atoms with E-state index in [0.717, 1.165) is 11.3 Å². The summed E-state index contributed by atoms with van der Waals surface area (Å²) in [6.45, 7) is 1.84. The Labute approximate surface area is 151 Å². The SMILES string of the molecule is CCS(=O)(=O)c1ccccc1C(=O)NCc1ccc(-n2cncn2)cc1. The van der Waals surface area contributed by atoms with E-state index in [1.165, 1.54) is 18.5 Å². The van der Waals surface area contributed by atoms with Crippen molar-refractivity contribution < 1.29 is 13.2 Å². The molecule has 1 N–H and O–H groups in total. The first-order chi connectivity index (χ1) is 12.5. The first kappa shape index (κ1) is 17.8. The Morgan fingerprint density at radius 2 is 1.85 bits per heavy atom. The van der Waals surface area contributed by atoms with Crippen LogP contribution in [0.5, 0.6) is 0 Å². The minimum atomic E-state index is -3.46. The Kier molecular flexibility index (Phi) is 5.13. The van der Waals surface area contributed by atoms with Gasteiger partial charge in [-0.05, 0) is 29.8 Å². The second-order valence-corrected chi connectivity index (χ2v) is 7.84. The molecule has 0 saturated heterocycles. The number of rotatable bonds is 6. The molecule has 1 aromatic heterocycles. The van der Waals surface area contributed by atoms with Crippen molar-refractivity contribution >= 4 is 15.7 Å². The normalized spacial score (nSPS) is 11.3. The van der Waals surface area contributed by atoms with Crippen molar-refractivity contribution in [3.8, 4) is 5.69 Å². The zero-order valence-electron chi connectivity index (χ0n) is 14.2. The average molecular weight is 370 g/mol. The molecule has 1 heterocycles. The fourth-order valence-corrected chi connectivity index (χ4v) is 3.56. The molecule has 0 radical (unpaired) electrons. The van der Waals surface area contributed by atoms with E-state index in [9.17, 15) is 13.2 Å². The molecule has 0 spiro atoms. The maximum Gasteiger partial charge on any atom is 0.252 e. The van der Waals surface area contributed by atoms with E-state index in [1.807, 2.05) is 24.3 Å². The van der Waals surface area contributed by atoms with E-state index in [-0.39, 0.29) is 22.8 Å². The number of amides is 1. The van der Waals surface area contributed by atoms with Gasteiger partial charge in [0.05, 0.1) is 21.9 Å². The third-order valence-corrected chi connectivity index (χ3v) is 5.71. The van der Waals surface area contributed by atoms with E-state index in [4.69, 9.17) is 0 Å². The van der Waals surface area contributed by atoms with Crippen LogP contribution in [-0.4, -0.2) is 34.8 Å². The molecule has 0 fully saturated rings. The highest BCUT2D eigenvalue weighted by Crippen LogP contribution is 2.17. The van der Waals surface area contributed by atoms with Gasteiger partial charge in [0, 0.05) is 6.54 Å². The Hall–Kier alpha value is -3.00. The summed E-state index contributed by atoms with van der Waals surface area (Å²) >= 11 is 0. The fourth-order valence-electron chi connectivity index (χ4n) is 2.47. The zero-order chi connectivity index (χ0) is 18.6. The van der Waals surface area contributed by atoms with Gasteiger partial charge >= 0.3 is 0 Å². The van der Waals surface area contributed by atoms with Crippen LogP contribution in [0, 0.1) is 0 Å². The van der Waals surface area contributed by atoms with Gasteiger partial charge in [-0.1, -0.05) is 31.2 Å². The van der Waals surface area contributed by atoms with Crippen molar-refractivity contribution in [2.24, 2.45) is 0 Å². The molecule has 0 bridgehead atoms. The molecular weight excluding hydrogens is 352 g/mol. The van der Waals surface area contributed by atoms with Gasteiger partial charge in [0.2, 0.25) is 0 Å². The highest BCUT2D eigenvalue weighted by Gasteiger charge is 2.20. The Bertz CT molecular complexity index is 997. The maximum atomic E-state index is 12.5. The van der Waals surface area contributed by atoms with Crippen LogP contribution >= 0.6 is 0 Å². The second-order valence-electron chi connectivity index (χ2n) is 5.59. The summed E-state index contributed by atoms with van der Waals surface area (Å²) in [5.74, 6) is -0.473. The van der Waals surface area contributed by atoms with Crippen LogP contribution in [0.25, 0.3) is 5.69 Å². The molecule has 7 nitrogen and oxygen atoms in total. The lowest BCUT2D eigenvalue weighted by molar-refractivity contribution is 0.0947. The lowest BCUT2D eigenvalue weighted by Gasteiger charge is -2.10. The van der Waals surface area contributed by atoms with E-state index >= 15 is 0 Å². The molecule has 0 saturated carbocycles. The number of hydrogen-bond donors (Lipinski definition) is 1. The molecule has 3 aromatic rings. The van der Waals surface area contributed by atoms with Crippen LogP contribution in [0.15, 0.2) is 66.1 Å². The van der Waals surface area contributed by atoms with Gasteiger partial charge in [-0.2, -0.15) is 5.10 Å². The number of carbonyl (C=O) groups is 1. The Morgan fingerprint density at radius 1 is 1.12 bits per heavy atom. The molecule has 1 amide bonds. The summed E-state index contributed by atoms with van der Waals surface area (Å²) < 4.78 is 25.9. The van der Waals surface area contributed by atoms with Gasteiger partial charge in [-0.15, -0.1) is 0 Å². The predicted molar refractivity (Wildman–Crippen MR) is 96.7 cm³/mol. The summed E-state index contributed by atoms with van der Waals surface area (Å²) in [6, 6.07) is 13.7. The maximum absolute atomic E-state index is 12.5. The molecule has 0 aliphatic heterocycles. The fraction of sp³-hybridized carbons (Fsp3) is 0.167. The largest absolute Gasteiger partial charge is 0.348 e.